The van der Waals surface area contributed by atoms with E-state index in [1.165, 1.54) is 0 Å². The number of benzene rings is 1. The molecule has 1 aliphatic heterocycles. The van der Waals surface area contributed by atoms with Crippen LogP contribution in [0.5, 0.6) is 0 Å². The van der Waals surface area contributed by atoms with Crippen LogP contribution in [0.4, 0.5) is 0 Å². The summed E-state index contributed by atoms with van der Waals surface area (Å²) in [6.45, 7) is 4.96. The fourth-order valence-corrected chi connectivity index (χ4v) is 2.08. The van der Waals surface area contributed by atoms with Crippen LogP contribution in [0.25, 0.3) is 0 Å². The van der Waals surface area contributed by atoms with E-state index in [4.69, 9.17) is 19.7 Å². The monoisotopic (exact) mass is 278 g/mol. The highest BCUT2D eigenvalue weighted by Gasteiger charge is 2.38. The van der Waals surface area contributed by atoms with Crippen LogP contribution in [-0.4, -0.2) is 31.1 Å². The molecule has 1 N–H and O–H groups in total. The van der Waals surface area contributed by atoms with Crippen LogP contribution >= 0.6 is 0 Å². The second-order valence-electron chi connectivity index (χ2n) is 5.13. The van der Waals surface area contributed by atoms with E-state index < -0.39 is 5.79 Å². The third-order valence-corrected chi connectivity index (χ3v) is 3.08. The quantitative estimate of drug-likeness (QED) is 0.640. The van der Waals surface area contributed by atoms with Crippen LogP contribution in [0.1, 0.15) is 19.4 Å². The summed E-state index contributed by atoms with van der Waals surface area (Å²) in [7, 11) is 0. The van der Waals surface area contributed by atoms with Gasteiger partial charge < -0.3 is 14.2 Å². The lowest BCUT2D eigenvalue weighted by Gasteiger charge is -2.22. The van der Waals surface area contributed by atoms with Crippen molar-refractivity contribution in [2.75, 3.05) is 13.2 Å². The van der Waals surface area contributed by atoms with Gasteiger partial charge in [0.15, 0.2) is 12.3 Å². The number of nitrogens with zero attached hydrogens (tertiary/aromatic N) is 2. The van der Waals surface area contributed by atoms with Gasteiger partial charge in [0.05, 0.1) is 13.2 Å². The van der Waals surface area contributed by atoms with E-state index in [1.807, 2.05) is 44.2 Å². The summed E-state index contributed by atoms with van der Waals surface area (Å²) in [6.07, 6.45) is -0.467. The SMILES string of the molecule is CC1(C)OC[C@@H]([C@@H](CN=[N+]=N)OCc2ccccc2)O1. The molecule has 1 heterocycles. The van der Waals surface area contributed by atoms with E-state index >= 15 is 0 Å². The Kier molecular flexibility index (Phi) is 4.98. The van der Waals surface area contributed by atoms with E-state index in [0.29, 0.717) is 19.8 Å². The van der Waals surface area contributed by atoms with E-state index in [0.717, 1.165) is 5.56 Å². The molecule has 0 bridgehead atoms. The molecule has 1 aromatic rings. The standard InChI is InChI=1S/C14H20N3O3/c1-14(2)19-10-13(20-14)12(8-16-17-15)18-9-11-6-4-3-5-7-11/h3-7,12-13,15H,8-10H2,1-2H3/q+1/t12-,13+/m1/s1. The van der Waals surface area contributed by atoms with Gasteiger partial charge in [-0.05, 0) is 19.4 Å². The molecule has 108 valence electrons. The first kappa shape index (κ1) is 14.8. The van der Waals surface area contributed by atoms with E-state index in [9.17, 15) is 0 Å². The first-order valence-electron chi connectivity index (χ1n) is 6.61. The summed E-state index contributed by atoms with van der Waals surface area (Å²) in [5.74, 6) is -0.600. The summed E-state index contributed by atoms with van der Waals surface area (Å²) < 4.78 is 17.2. The summed E-state index contributed by atoms with van der Waals surface area (Å²) >= 11 is 0. The Hall–Kier alpha value is -1.59. The fourth-order valence-electron chi connectivity index (χ4n) is 2.08. The molecule has 0 saturated carbocycles. The second kappa shape index (κ2) is 6.72. The molecule has 0 aliphatic carbocycles. The van der Waals surface area contributed by atoms with Gasteiger partial charge in [-0.2, -0.15) is 0 Å². The van der Waals surface area contributed by atoms with E-state index in [1.54, 1.807) is 0 Å². The average molecular weight is 278 g/mol. The third kappa shape index (κ3) is 4.21. The lowest BCUT2D eigenvalue weighted by atomic mass is 10.2. The van der Waals surface area contributed by atoms with Crippen molar-refractivity contribution < 1.29 is 14.2 Å². The zero-order valence-corrected chi connectivity index (χ0v) is 11.8. The van der Waals surface area contributed by atoms with Crippen molar-refractivity contribution in [2.45, 2.75) is 38.4 Å². The highest BCUT2D eigenvalue weighted by molar-refractivity contribution is 5.13. The Morgan fingerprint density at radius 3 is 2.80 bits per heavy atom. The molecular formula is C14H20N3O3+. The molecular weight excluding hydrogens is 258 g/mol. The number of hydrogen-bond donors (Lipinski definition) is 1. The molecule has 0 unspecified atom stereocenters. The Bertz CT molecular complexity index is 472. The normalized spacial score (nSPS) is 22.2. The molecule has 1 aromatic carbocycles. The Morgan fingerprint density at radius 2 is 2.20 bits per heavy atom. The van der Waals surface area contributed by atoms with Gasteiger partial charge in [-0.3, -0.25) is 0 Å². The molecule has 1 fully saturated rings. The number of rotatable bonds is 6. The third-order valence-electron chi connectivity index (χ3n) is 3.08. The van der Waals surface area contributed by atoms with Crippen molar-refractivity contribution in [3.63, 3.8) is 0 Å². The topological polar surface area (TPSA) is 78.0 Å². The van der Waals surface area contributed by atoms with Crippen LogP contribution in [0, 0.1) is 5.53 Å². The maximum Gasteiger partial charge on any atom is 0.214 e. The van der Waals surface area contributed by atoms with E-state index in [2.05, 4.69) is 10.0 Å². The number of ether oxygens (including phenoxy) is 3. The molecule has 0 radical (unpaired) electrons. The molecule has 0 spiro atoms. The minimum absolute atomic E-state index is 0.195. The Labute approximate surface area is 118 Å². The molecule has 6 heteroatoms. The van der Waals surface area contributed by atoms with Gasteiger partial charge in [0.25, 0.3) is 0 Å². The zero-order chi connectivity index (χ0) is 14.4. The van der Waals surface area contributed by atoms with Crippen molar-refractivity contribution >= 4 is 0 Å². The first-order chi connectivity index (χ1) is 9.61. The highest BCUT2D eigenvalue weighted by atomic mass is 16.7. The smallest absolute Gasteiger partial charge is 0.214 e. The summed E-state index contributed by atoms with van der Waals surface area (Å²) in [5, 5.41) is 3.71. The predicted molar refractivity (Wildman–Crippen MR) is 72.1 cm³/mol. The minimum Gasteiger partial charge on any atom is -0.369 e. The van der Waals surface area contributed by atoms with Gasteiger partial charge in [-0.25, -0.2) is 0 Å². The van der Waals surface area contributed by atoms with Crippen molar-refractivity contribution in [3.05, 3.63) is 35.9 Å². The fraction of sp³-hybridized carbons (Fsp3) is 0.571. The van der Waals surface area contributed by atoms with Gasteiger partial charge in [0.1, 0.15) is 22.9 Å². The molecule has 20 heavy (non-hydrogen) atoms. The lowest BCUT2D eigenvalue weighted by Crippen LogP contribution is -2.35. The highest BCUT2D eigenvalue weighted by Crippen LogP contribution is 2.25. The first-order valence-corrected chi connectivity index (χ1v) is 6.61. The second-order valence-corrected chi connectivity index (χ2v) is 5.13. The van der Waals surface area contributed by atoms with Gasteiger partial charge in [-0.1, -0.05) is 30.3 Å². The zero-order valence-electron chi connectivity index (χ0n) is 11.8. The van der Waals surface area contributed by atoms with Gasteiger partial charge >= 0.3 is 0 Å². The molecule has 2 atom stereocenters. The van der Waals surface area contributed by atoms with Crippen molar-refractivity contribution in [2.24, 2.45) is 5.11 Å². The number of hydrogen-bond acceptors (Lipinski definition) is 5. The van der Waals surface area contributed by atoms with E-state index in [-0.39, 0.29) is 12.2 Å². The lowest BCUT2D eigenvalue weighted by molar-refractivity contribution is -0.156. The van der Waals surface area contributed by atoms with Crippen molar-refractivity contribution in [3.8, 4) is 0 Å². The van der Waals surface area contributed by atoms with Gasteiger partial charge in [-0.15, -0.1) is 0 Å². The summed E-state index contributed by atoms with van der Waals surface area (Å²) in [5.41, 5.74) is 7.85. The van der Waals surface area contributed by atoms with Crippen molar-refractivity contribution in [1.82, 2.24) is 4.91 Å². The van der Waals surface area contributed by atoms with Crippen LogP contribution in [0.2, 0.25) is 0 Å². The van der Waals surface area contributed by atoms with Gasteiger partial charge in [0, 0.05) is 0 Å². The molecule has 0 amide bonds. The maximum absolute atomic E-state index is 6.77. The molecule has 6 nitrogen and oxygen atoms in total. The Balaban J connectivity index is 1.95. The van der Waals surface area contributed by atoms with Crippen molar-refractivity contribution in [1.29, 1.82) is 5.53 Å². The molecule has 1 aliphatic rings. The summed E-state index contributed by atoms with van der Waals surface area (Å²) in [6, 6.07) is 9.90. The molecule has 0 aromatic heterocycles. The molecule has 2 rings (SSSR count). The largest absolute Gasteiger partial charge is 0.369 e. The van der Waals surface area contributed by atoms with Crippen LogP contribution < -0.4 is 4.91 Å². The summed E-state index contributed by atoms with van der Waals surface area (Å²) in [4.78, 5) is 3.04. The van der Waals surface area contributed by atoms with Crippen LogP contribution in [0.15, 0.2) is 35.4 Å². The predicted octanol–water partition coefficient (Wildman–Crippen LogP) is 2.27. The maximum atomic E-state index is 6.77. The van der Waals surface area contributed by atoms with Crippen LogP contribution in [-0.2, 0) is 20.8 Å². The van der Waals surface area contributed by atoms with Crippen LogP contribution in [0.3, 0.4) is 0 Å². The van der Waals surface area contributed by atoms with Gasteiger partial charge in [0.2, 0.25) is 4.91 Å². The molecule has 1 saturated heterocycles. The number of nitrogens with one attached hydrogen (secondary N) is 1. The average Bonchev–Trinajstić information content (AvgIpc) is 2.80. The Morgan fingerprint density at radius 1 is 1.45 bits per heavy atom. The minimum atomic E-state index is -0.600.